The third-order valence-electron chi connectivity index (χ3n) is 2.49. The van der Waals surface area contributed by atoms with Gasteiger partial charge in [-0.3, -0.25) is 10.1 Å². The van der Waals surface area contributed by atoms with Crippen LogP contribution in [0, 0.1) is 0 Å². The van der Waals surface area contributed by atoms with Gasteiger partial charge in [0.05, 0.1) is 7.11 Å². The van der Waals surface area contributed by atoms with E-state index < -0.39 is 0 Å². The number of ether oxygens (including phenoxy) is 1. The largest absolute Gasteiger partial charge is 0.466 e. The number of nitrogens with one attached hydrogen (secondary N) is 2. The van der Waals surface area contributed by atoms with Crippen molar-refractivity contribution in [2.45, 2.75) is 19.8 Å². The first kappa shape index (κ1) is 14.3. The van der Waals surface area contributed by atoms with Gasteiger partial charge in [0, 0.05) is 11.3 Å². The lowest BCUT2D eigenvalue weighted by atomic mass is 10.1. The molecule has 2 aromatic rings. The Labute approximate surface area is 120 Å². The fraction of sp³-hybridized carbons (Fsp3) is 0.333. The number of rotatable bonds is 5. The Hall–Kier alpha value is -2.15. The summed E-state index contributed by atoms with van der Waals surface area (Å²) >= 11 is 5.91. The van der Waals surface area contributed by atoms with E-state index in [0.29, 0.717) is 5.56 Å². The van der Waals surface area contributed by atoms with Crippen LogP contribution in [0.4, 0.5) is 5.95 Å². The van der Waals surface area contributed by atoms with Gasteiger partial charge < -0.3 is 4.74 Å². The number of aromatic nitrogens is 4. The quantitative estimate of drug-likeness (QED) is 0.824. The predicted molar refractivity (Wildman–Crippen MR) is 74.1 cm³/mol. The molecule has 0 aliphatic rings. The third-order valence-corrected chi connectivity index (χ3v) is 2.69. The van der Waals surface area contributed by atoms with Crippen molar-refractivity contribution < 1.29 is 9.53 Å². The van der Waals surface area contributed by atoms with Crippen molar-refractivity contribution in [1.82, 2.24) is 20.2 Å². The molecule has 0 radical (unpaired) electrons. The fourth-order valence-corrected chi connectivity index (χ4v) is 1.87. The second kappa shape index (κ2) is 6.33. The summed E-state index contributed by atoms with van der Waals surface area (Å²) in [6, 6.07) is 3.36. The Bertz CT molecular complexity index is 614. The second-order valence-corrected chi connectivity index (χ2v) is 4.43. The number of aromatic amines is 1. The molecule has 2 N–H and O–H groups in total. The van der Waals surface area contributed by atoms with Gasteiger partial charge in [0.1, 0.15) is 5.15 Å². The van der Waals surface area contributed by atoms with Crippen LogP contribution in [-0.2, 0) is 6.42 Å². The zero-order valence-electron chi connectivity index (χ0n) is 11.1. The van der Waals surface area contributed by atoms with Gasteiger partial charge in [0.2, 0.25) is 5.95 Å². The predicted octanol–water partition coefficient (Wildman–Crippen LogP) is 2.07. The summed E-state index contributed by atoms with van der Waals surface area (Å²) in [5, 5.41) is 9.14. The number of H-pyrrole nitrogens is 1. The minimum atomic E-state index is -0.342. The van der Waals surface area contributed by atoms with Gasteiger partial charge in [-0.05, 0) is 18.6 Å². The van der Waals surface area contributed by atoms with Gasteiger partial charge in [-0.1, -0.05) is 24.9 Å². The Balaban J connectivity index is 2.15. The third kappa shape index (κ3) is 3.45. The maximum absolute atomic E-state index is 12.1. The van der Waals surface area contributed by atoms with Crippen molar-refractivity contribution in [1.29, 1.82) is 0 Å². The van der Waals surface area contributed by atoms with E-state index in [1.54, 1.807) is 6.07 Å². The summed E-state index contributed by atoms with van der Waals surface area (Å²) < 4.78 is 4.82. The van der Waals surface area contributed by atoms with Crippen LogP contribution in [0.25, 0.3) is 0 Å². The molecule has 2 rings (SSSR count). The van der Waals surface area contributed by atoms with Crippen molar-refractivity contribution in [3.63, 3.8) is 0 Å². The monoisotopic (exact) mass is 295 g/mol. The molecule has 106 valence electrons. The summed E-state index contributed by atoms with van der Waals surface area (Å²) in [6.07, 6.45) is 1.69. The first-order valence-electron chi connectivity index (χ1n) is 6.06. The van der Waals surface area contributed by atoms with Gasteiger partial charge in [0.15, 0.2) is 0 Å². The van der Waals surface area contributed by atoms with Crippen molar-refractivity contribution in [3.05, 3.63) is 28.5 Å². The average molecular weight is 296 g/mol. The molecule has 0 aliphatic heterocycles. The standard InChI is InChI=1S/C12H14ClN5O2/c1-3-4-8-5-7(6-9(13)14-8)10(19)15-11-16-12(20-2)18-17-11/h5-6H,3-4H2,1-2H3,(H2,15,16,17,18,19). The Morgan fingerprint density at radius 2 is 2.25 bits per heavy atom. The maximum Gasteiger partial charge on any atom is 0.336 e. The highest BCUT2D eigenvalue weighted by atomic mass is 35.5. The van der Waals surface area contributed by atoms with E-state index in [1.807, 2.05) is 6.92 Å². The minimum Gasteiger partial charge on any atom is -0.466 e. The summed E-state index contributed by atoms with van der Waals surface area (Å²) in [5.74, 6) is -0.137. The molecule has 2 heterocycles. The minimum absolute atomic E-state index is 0.153. The molecule has 0 aliphatic carbocycles. The van der Waals surface area contributed by atoms with Gasteiger partial charge >= 0.3 is 6.01 Å². The second-order valence-electron chi connectivity index (χ2n) is 4.04. The molecule has 0 spiro atoms. The lowest BCUT2D eigenvalue weighted by Gasteiger charge is -2.05. The number of carbonyl (C=O) groups is 1. The van der Waals surface area contributed by atoms with E-state index in [1.165, 1.54) is 13.2 Å². The number of halogens is 1. The molecule has 20 heavy (non-hydrogen) atoms. The molecular weight excluding hydrogens is 282 g/mol. The van der Waals surface area contributed by atoms with E-state index in [-0.39, 0.29) is 23.0 Å². The number of anilines is 1. The number of amides is 1. The van der Waals surface area contributed by atoms with E-state index in [2.05, 4.69) is 25.5 Å². The van der Waals surface area contributed by atoms with E-state index >= 15 is 0 Å². The molecule has 8 heteroatoms. The van der Waals surface area contributed by atoms with Gasteiger partial charge in [-0.25, -0.2) is 10.1 Å². The van der Waals surface area contributed by atoms with Gasteiger partial charge in [-0.2, -0.15) is 4.98 Å². The number of carbonyl (C=O) groups excluding carboxylic acids is 1. The summed E-state index contributed by atoms with van der Waals surface area (Å²) in [7, 11) is 1.44. The number of nitrogens with zero attached hydrogens (tertiary/aromatic N) is 3. The molecule has 0 saturated heterocycles. The number of hydrogen-bond acceptors (Lipinski definition) is 5. The molecule has 0 bridgehead atoms. The topological polar surface area (TPSA) is 92.8 Å². The number of methoxy groups -OCH3 is 1. The van der Waals surface area contributed by atoms with Crippen LogP contribution in [0.1, 0.15) is 29.4 Å². The van der Waals surface area contributed by atoms with Crippen LogP contribution < -0.4 is 10.1 Å². The molecular formula is C12H14ClN5O2. The maximum atomic E-state index is 12.1. The Morgan fingerprint density at radius 3 is 2.90 bits per heavy atom. The molecule has 0 aromatic carbocycles. The van der Waals surface area contributed by atoms with Gasteiger partial charge in [0.25, 0.3) is 5.91 Å². The highest BCUT2D eigenvalue weighted by Gasteiger charge is 2.12. The Kier molecular flexibility index (Phi) is 4.52. The smallest absolute Gasteiger partial charge is 0.336 e. The lowest BCUT2D eigenvalue weighted by Crippen LogP contribution is -2.14. The molecule has 0 unspecified atom stereocenters. The molecule has 1 amide bonds. The molecule has 7 nitrogen and oxygen atoms in total. The van der Waals surface area contributed by atoms with Crippen LogP contribution in [-0.4, -0.2) is 33.2 Å². The van der Waals surface area contributed by atoms with Crippen molar-refractivity contribution in [3.8, 4) is 6.01 Å². The van der Waals surface area contributed by atoms with E-state index in [9.17, 15) is 4.79 Å². The van der Waals surface area contributed by atoms with Crippen LogP contribution in [0.5, 0.6) is 6.01 Å². The first-order valence-corrected chi connectivity index (χ1v) is 6.44. The summed E-state index contributed by atoms with van der Waals surface area (Å²) in [6.45, 7) is 2.03. The zero-order valence-corrected chi connectivity index (χ0v) is 11.9. The first-order chi connectivity index (χ1) is 9.62. The van der Waals surface area contributed by atoms with Gasteiger partial charge in [-0.15, -0.1) is 5.10 Å². The van der Waals surface area contributed by atoms with Crippen LogP contribution >= 0.6 is 11.6 Å². The highest BCUT2D eigenvalue weighted by Crippen LogP contribution is 2.14. The average Bonchev–Trinajstić information content (AvgIpc) is 2.86. The molecule has 0 fully saturated rings. The fourth-order valence-electron chi connectivity index (χ4n) is 1.64. The SMILES string of the molecule is CCCc1cc(C(=O)Nc2nc(OC)n[nH]2)cc(Cl)n1. The van der Waals surface area contributed by atoms with Crippen LogP contribution in [0.15, 0.2) is 12.1 Å². The number of pyridine rings is 1. The molecule has 0 atom stereocenters. The lowest BCUT2D eigenvalue weighted by molar-refractivity contribution is 0.102. The zero-order chi connectivity index (χ0) is 14.5. The number of hydrogen-bond donors (Lipinski definition) is 2. The van der Waals surface area contributed by atoms with E-state index in [0.717, 1.165) is 18.5 Å². The highest BCUT2D eigenvalue weighted by molar-refractivity contribution is 6.29. The van der Waals surface area contributed by atoms with Crippen molar-refractivity contribution >= 4 is 23.5 Å². The molecule has 0 saturated carbocycles. The summed E-state index contributed by atoms with van der Waals surface area (Å²) in [4.78, 5) is 20.2. The van der Waals surface area contributed by atoms with Crippen LogP contribution in [0.3, 0.4) is 0 Å². The normalized spacial score (nSPS) is 10.3. The van der Waals surface area contributed by atoms with Crippen LogP contribution in [0.2, 0.25) is 5.15 Å². The van der Waals surface area contributed by atoms with Crippen molar-refractivity contribution in [2.24, 2.45) is 0 Å². The number of aryl methyl sites for hydroxylation is 1. The van der Waals surface area contributed by atoms with Crippen molar-refractivity contribution in [2.75, 3.05) is 12.4 Å². The van der Waals surface area contributed by atoms with E-state index in [4.69, 9.17) is 16.3 Å². The summed E-state index contributed by atoms with van der Waals surface area (Å²) in [5.41, 5.74) is 1.20. The molecule has 2 aromatic heterocycles. The Morgan fingerprint density at radius 1 is 1.45 bits per heavy atom.